The van der Waals surface area contributed by atoms with Crippen molar-refractivity contribution in [3.8, 4) is 0 Å². The third kappa shape index (κ3) is 7.28. The van der Waals surface area contributed by atoms with Gasteiger partial charge in [-0.1, -0.05) is 6.08 Å². The van der Waals surface area contributed by atoms with E-state index in [-0.39, 0.29) is 0 Å². The first kappa shape index (κ1) is 11.2. The molecule has 3 nitrogen and oxygen atoms in total. The molecule has 1 rings (SSSR count). The number of carboxylic acids is 1. The molecule has 0 amide bonds. The van der Waals surface area contributed by atoms with Gasteiger partial charge in [0.25, 0.3) is 5.97 Å². The fraction of sp³-hybridized carbons (Fsp3) is 0.667. The Morgan fingerprint density at radius 2 is 2.00 bits per heavy atom. The van der Waals surface area contributed by atoms with Crippen LogP contribution in [0.1, 0.15) is 19.8 Å². The van der Waals surface area contributed by atoms with Crippen molar-refractivity contribution in [2.75, 3.05) is 19.6 Å². The van der Waals surface area contributed by atoms with E-state index in [4.69, 9.17) is 9.90 Å². The molecule has 0 spiro atoms. The number of hydrogen-bond donors (Lipinski definition) is 1. The minimum atomic E-state index is -0.833. The first-order valence-electron chi connectivity index (χ1n) is 4.19. The highest BCUT2D eigenvalue weighted by Gasteiger charge is 2.07. The monoisotopic (exact) mass is 171 g/mol. The number of hydrogen-bond acceptors (Lipinski definition) is 2. The van der Waals surface area contributed by atoms with Gasteiger partial charge in [0.2, 0.25) is 0 Å². The summed E-state index contributed by atoms with van der Waals surface area (Å²) in [6, 6.07) is 0. The summed E-state index contributed by atoms with van der Waals surface area (Å²) in [4.78, 5) is 11.4. The van der Waals surface area contributed by atoms with E-state index in [0.29, 0.717) is 0 Å². The summed E-state index contributed by atoms with van der Waals surface area (Å²) in [5.41, 5.74) is 0. The molecule has 0 radical (unpaired) electrons. The minimum absolute atomic E-state index is 0.833. The molecule has 0 unspecified atom stereocenters. The molecule has 3 heteroatoms. The number of carboxylic acid groups (broad SMARTS) is 1. The van der Waals surface area contributed by atoms with Gasteiger partial charge in [0.1, 0.15) is 0 Å². The minimum Gasteiger partial charge on any atom is -0.481 e. The maximum Gasteiger partial charge on any atom is 0.300 e. The van der Waals surface area contributed by atoms with Crippen LogP contribution >= 0.6 is 0 Å². The summed E-state index contributed by atoms with van der Waals surface area (Å²) in [7, 11) is 0. The topological polar surface area (TPSA) is 40.5 Å². The van der Waals surface area contributed by atoms with Crippen LogP contribution in [0.3, 0.4) is 0 Å². The summed E-state index contributed by atoms with van der Waals surface area (Å²) < 4.78 is 0. The fourth-order valence-corrected chi connectivity index (χ4v) is 1.15. The largest absolute Gasteiger partial charge is 0.481 e. The first-order valence-corrected chi connectivity index (χ1v) is 4.19. The molecule has 0 saturated carbocycles. The van der Waals surface area contributed by atoms with Crippen molar-refractivity contribution < 1.29 is 9.90 Å². The molecule has 0 bridgehead atoms. The van der Waals surface area contributed by atoms with Crippen molar-refractivity contribution in [1.29, 1.82) is 0 Å². The highest BCUT2D eigenvalue weighted by molar-refractivity contribution is 5.62. The van der Waals surface area contributed by atoms with Gasteiger partial charge in [0.15, 0.2) is 0 Å². The van der Waals surface area contributed by atoms with Crippen LogP contribution in [0.25, 0.3) is 0 Å². The molecule has 1 aliphatic rings. The third-order valence-electron chi connectivity index (χ3n) is 1.59. The highest BCUT2D eigenvalue weighted by Crippen LogP contribution is 2.05. The molecule has 1 fully saturated rings. The predicted octanol–water partition coefficient (Wildman–Crippen LogP) is 1.36. The molecular weight excluding hydrogens is 154 g/mol. The van der Waals surface area contributed by atoms with Crippen LogP contribution < -0.4 is 0 Å². The van der Waals surface area contributed by atoms with E-state index >= 15 is 0 Å². The zero-order valence-corrected chi connectivity index (χ0v) is 7.62. The fourth-order valence-electron chi connectivity index (χ4n) is 1.15. The summed E-state index contributed by atoms with van der Waals surface area (Å²) in [5, 5.41) is 7.42. The van der Waals surface area contributed by atoms with Gasteiger partial charge in [-0.25, -0.2) is 0 Å². The Balaban J connectivity index is 0.000000261. The van der Waals surface area contributed by atoms with Crippen LogP contribution in [-0.2, 0) is 4.79 Å². The first-order chi connectivity index (χ1) is 5.66. The SMILES string of the molecule is C=CCN1CCCC1.CC(=O)O. The van der Waals surface area contributed by atoms with Crippen molar-refractivity contribution in [2.45, 2.75) is 19.8 Å². The molecule has 70 valence electrons. The van der Waals surface area contributed by atoms with Crippen LogP contribution in [0.4, 0.5) is 0 Å². The molecule has 12 heavy (non-hydrogen) atoms. The molecule has 1 saturated heterocycles. The Morgan fingerprint density at radius 1 is 1.58 bits per heavy atom. The van der Waals surface area contributed by atoms with Gasteiger partial charge in [0, 0.05) is 13.5 Å². The zero-order chi connectivity index (χ0) is 9.40. The van der Waals surface area contributed by atoms with Crippen LogP contribution in [0.15, 0.2) is 12.7 Å². The van der Waals surface area contributed by atoms with Crippen molar-refractivity contribution >= 4 is 5.97 Å². The quantitative estimate of drug-likeness (QED) is 0.638. The van der Waals surface area contributed by atoms with E-state index < -0.39 is 5.97 Å². The van der Waals surface area contributed by atoms with Crippen molar-refractivity contribution in [3.05, 3.63) is 12.7 Å². The van der Waals surface area contributed by atoms with E-state index in [2.05, 4.69) is 11.5 Å². The third-order valence-corrected chi connectivity index (χ3v) is 1.59. The smallest absolute Gasteiger partial charge is 0.300 e. The maximum absolute atomic E-state index is 9.00. The zero-order valence-electron chi connectivity index (χ0n) is 7.62. The number of carbonyl (C=O) groups is 1. The lowest BCUT2D eigenvalue weighted by Crippen LogP contribution is -2.18. The van der Waals surface area contributed by atoms with Crippen LogP contribution in [0, 0.1) is 0 Å². The normalized spacial score (nSPS) is 16.4. The van der Waals surface area contributed by atoms with E-state index in [1.54, 1.807) is 0 Å². The molecular formula is C9H17NO2. The molecule has 0 aromatic heterocycles. The number of aliphatic carboxylic acids is 1. The van der Waals surface area contributed by atoms with Gasteiger partial charge < -0.3 is 5.11 Å². The van der Waals surface area contributed by atoms with Crippen LogP contribution in [0.5, 0.6) is 0 Å². The van der Waals surface area contributed by atoms with Crippen LogP contribution in [-0.4, -0.2) is 35.6 Å². The molecule has 0 aliphatic carbocycles. The van der Waals surface area contributed by atoms with Crippen LogP contribution in [0.2, 0.25) is 0 Å². The van der Waals surface area contributed by atoms with E-state index in [0.717, 1.165) is 13.5 Å². The lowest BCUT2D eigenvalue weighted by atomic mass is 10.4. The van der Waals surface area contributed by atoms with Gasteiger partial charge in [-0.05, 0) is 25.9 Å². The highest BCUT2D eigenvalue weighted by atomic mass is 16.4. The average molecular weight is 171 g/mol. The lowest BCUT2D eigenvalue weighted by molar-refractivity contribution is -0.134. The summed E-state index contributed by atoms with van der Waals surface area (Å²) in [5.74, 6) is -0.833. The van der Waals surface area contributed by atoms with Gasteiger partial charge in [0.05, 0.1) is 0 Å². The van der Waals surface area contributed by atoms with E-state index in [1.165, 1.54) is 25.9 Å². The molecule has 1 aliphatic heterocycles. The summed E-state index contributed by atoms with van der Waals surface area (Å²) in [6.07, 6.45) is 4.74. The number of likely N-dealkylation sites (tertiary alicyclic amines) is 1. The predicted molar refractivity (Wildman–Crippen MR) is 49.2 cm³/mol. The second kappa shape index (κ2) is 6.85. The second-order valence-corrected chi connectivity index (χ2v) is 2.82. The molecule has 0 aromatic carbocycles. The molecule has 1 N–H and O–H groups in total. The van der Waals surface area contributed by atoms with E-state index in [9.17, 15) is 0 Å². The van der Waals surface area contributed by atoms with Gasteiger partial charge >= 0.3 is 0 Å². The number of nitrogens with zero attached hydrogens (tertiary/aromatic N) is 1. The van der Waals surface area contributed by atoms with E-state index in [1.807, 2.05) is 6.08 Å². The Kier molecular flexibility index (Phi) is 6.38. The van der Waals surface area contributed by atoms with Crippen molar-refractivity contribution in [2.24, 2.45) is 0 Å². The standard InChI is InChI=1S/C7H13N.C2H4O2/c1-2-5-8-6-3-4-7-8;1-2(3)4/h2H,1,3-7H2;1H3,(H,3,4). The Hall–Kier alpha value is -0.830. The van der Waals surface area contributed by atoms with Gasteiger partial charge in [-0.3, -0.25) is 9.69 Å². The Morgan fingerprint density at radius 3 is 2.33 bits per heavy atom. The maximum atomic E-state index is 9.00. The molecule has 0 atom stereocenters. The van der Waals surface area contributed by atoms with Crippen molar-refractivity contribution in [1.82, 2.24) is 4.90 Å². The summed E-state index contributed by atoms with van der Waals surface area (Å²) in [6.45, 7) is 8.42. The Labute approximate surface area is 73.7 Å². The second-order valence-electron chi connectivity index (χ2n) is 2.82. The lowest BCUT2D eigenvalue weighted by Gasteiger charge is -2.09. The molecule has 0 aromatic rings. The Bertz CT molecular complexity index is 135. The van der Waals surface area contributed by atoms with Crippen molar-refractivity contribution in [3.63, 3.8) is 0 Å². The number of rotatable bonds is 2. The summed E-state index contributed by atoms with van der Waals surface area (Å²) >= 11 is 0. The molecule has 1 heterocycles. The average Bonchev–Trinajstić information content (AvgIpc) is 2.39. The van der Waals surface area contributed by atoms with Gasteiger partial charge in [-0.2, -0.15) is 0 Å². The van der Waals surface area contributed by atoms with Gasteiger partial charge in [-0.15, -0.1) is 6.58 Å².